The van der Waals surface area contributed by atoms with Crippen LogP contribution in [0, 0.1) is 0 Å². The maximum Gasteiger partial charge on any atom is 0.258 e. The van der Waals surface area contributed by atoms with Crippen LogP contribution in [0.4, 0.5) is 0 Å². The zero-order chi connectivity index (χ0) is 20.9. The van der Waals surface area contributed by atoms with Gasteiger partial charge in [0.1, 0.15) is 5.75 Å². The molecule has 0 saturated carbocycles. The summed E-state index contributed by atoms with van der Waals surface area (Å²) in [5.41, 5.74) is 0.985. The molecule has 0 aromatic heterocycles. The van der Waals surface area contributed by atoms with Gasteiger partial charge in [-0.2, -0.15) is 4.31 Å². The van der Waals surface area contributed by atoms with Crippen molar-refractivity contribution in [3.8, 4) is 5.75 Å². The molecule has 0 aliphatic carbocycles. The normalized spacial score (nSPS) is 16.2. The minimum atomic E-state index is -3.54. The summed E-state index contributed by atoms with van der Waals surface area (Å²) in [7, 11) is -3.54. The Bertz CT molecular complexity index is 926. The molecule has 2 aromatic carbocycles. The first kappa shape index (κ1) is 21.8. The van der Waals surface area contributed by atoms with E-state index in [0.717, 1.165) is 10.0 Å². The molecular formula is C20H23BrN2O5S. The molecule has 9 heteroatoms. The van der Waals surface area contributed by atoms with Crippen LogP contribution in [0.3, 0.4) is 0 Å². The van der Waals surface area contributed by atoms with Crippen LogP contribution in [0.1, 0.15) is 18.5 Å². The van der Waals surface area contributed by atoms with Crippen molar-refractivity contribution in [2.75, 3.05) is 32.9 Å². The lowest BCUT2D eigenvalue weighted by atomic mass is 10.1. The SMILES string of the molecule is CC(NC(=O)COc1ccc(S(=O)(=O)N2CCOCC2)cc1)c1ccc(Br)cc1. The Hall–Kier alpha value is -1.94. The number of hydrogen-bond donors (Lipinski definition) is 1. The fourth-order valence-corrected chi connectivity index (χ4v) is 4.58. The van der Waals surface area contributed by atoms with Gasteiger partial charge >= 0.3 is 0 Å². The molecule has 1 aliphatic heterocycles. The lowest BCUT2D eigenvalue weighted by molar-refractivity contribution is -0.123. The van der Waals surface area contributed by atoms with Gasteiger partial charge in [0.2, 0.25) is 10.0 Å². The van der Waals surface area contributed by atoms with E-state index in [1.165, 1.54) is 16.4 Å². The third-order valence-electron chi connectivity index (χ3n) is 4.55. The predicted molar refractivity (Wildman–Crippen MR) is 112 cm³/mol. The van der Waals surface area contributed by atoms with Crippen LogP contribution in [0.5, 0.6) is 5.75 Å². The second-order valence-electron chi connectivity index (χ2n) is 6.62. The van der Waals surface area contributed by atoms with Crippen molar-refractivity contribution in [1.82, 2.24) is 9.62 Å². The molecule has 3 rings (SSSR count). The highest BCUT2D eigenvalue weighted by atomic mass is 79.9. The molecular weight excluding hydrogens is 460 g/mol. The molecule has 7 nitrogen and oxygen atoms in total. The van der Waals surface area contributed by atoms with E-state index in [4.69, 9.17) is 9.47 Å². The molecule has 1 fully saturated rings. The Labute approximate surface area is 179 Å². The van der Waals surface area contributed by atoms with Crippen molar-refractivity contribution in [3.05, 3.63) is 58.6 Å². The van der Waals surface area contributed by atoms with Gasteiger partial charge < -0.3 is 14.8 Å². The highest BCUT2D eigenvalue weighted by Gasteiger charge is 2.26. The van der Waals surface area contributed by atoms with E-state index in [1.54, 1.807) is 12.1 Å². The smallest absolute Gasteiger partial charge is 0.258 e. The number of hydrogen-bond acceptors (Lipinski definition) is 5. The van der Waals surface area contributed by atoms with Gasteiger partial charge in [-0.25, -0.2) is 8.42 Å². The predicted octanol–water partition coefficient (Wildman–Crippen LogP) is 2.73. The number of nitrogens with zero attached hydrogens (tertiary/aromatic N) is 1. The van der Waals surface area contributed by atoms with Crippen LogP contribution >= 0.6 is 15.9 Å². The van der Waals surface area contributed by atoms with E-state index in [-0.39, 0.29) is 23.5 Å². The summed E-state index contributed by atoms with van der Waals surface area (Å²) in [5.74, 6) is 0.169. The highest BCUT2D eigenvalue weighted by Crippen LogP contribution is 2.21. The molecule has 1 amide bonds. The van der Waals surface area contributed by atoms with Gasteiger partial charge in [0.25, 0.3) is 5.91 Å². The van der Waals surface area contributed by atoms with Crippen LogP contribution in [-0.4, -0.2) is 51.5 Å². The van der Waals surface area contributed by atoms with Crippen molar-refractivity contribution in [2.45, 2.75) is 17.9 Å². The van der Waals surface area contributed by atoms with Crippen LogP contribution in [0.25, 0.3) is 0 Å². The molecule has 1 unspecified atom stereocenters. The summed E-state index contributed by atoms with van der Waals surface area (Å²) in [6.07, 6.45) is 0. The van der Waals surface area contributed by atoms with Crippen molar-refractivity contribution in [1.29, 1.82) is 0 Å². The average molecular weight is 483 g/mol. The fourth-order valence-electron chi connectivity index (χ4n) is 2.91. The van der Waals surface area contributed by atoms with Gasteiger partial charge in [-0.05, 0) is 48.9 Å². The van der Waals surface area contributed by atoms with Crippen LogP contribution in [0.2, 0.25) is 0 Å². The number of halogens is 1. The highest BCUT2D eigenvalue weighted by molar-refractivity contribution is 9.10. The summed E-state index contributed by atoms with van der Waals surface area (Å²) >= 11 is 3.38. The van der Waals surface area contributed by atoms with Crippen molar-refractivity contribution in [2.24, 2.45) is 0 Å². The average Bonchev–Trinajstić information content (AvgIpc) is 2.73. The first-order chi connectivity index (χ1) is 13.9. The van der Waals surface area contributed by atoms with Crippen LogP contribution in [-0.2, 0) is 19.6 Å². The Morgan fingerprint density at radius 1 is 1.14 bits per heavy atom. The first-order valence-electron chi connectivity index (χ1n) is 9.22. The van der Waals surface area contributed by atoms with E-state index in [2.05, 4.69) is 21.2 Å². The molecule has 156 valence electrons. The molecule has 29 heavy (non-hydrogen) atoms. The van der Waals surface area contributed by atoms with Gasteiger partial charge in [-0.3, -0.25) is 4.79 Å². The van der Waals surface area contributed by atoms with E-state index in [9.17, 15) is 13.2 Å². The van der Waals surface area contributed by atoms with Crippen molar-refractivity contribution >= 4 is 31.9 Å². The minimum absolute atomic E-state index is 0.153. The Balaban J connectivity index is 1.53. The van der Waals surface area contributed by atoms with Gasteiger partial charge in [0.15, 0.2) is 6.61 Å². The summed E-state index contributed by atoms with van der Waals surface area (Å²) in [6, 6.07) is 13.6. The quantitative estimate of drug-likeness (QED) is 0.655. The number of carbonyl (C=O) groups excluding carboxylic acids is 1. The first-order valence-corrected chi connectivity index (χ1v) is 11.4. The van der Waals surface area contributed by atoms with Gasteiger partial charge in [0.05, 0.1) is 24.2 Å². The van der Waals surface area contributed by atoms with Gasteiger partial charge in [-0.15, -0.1) is 0 Å². The Kier molecular flexibility index (Phi) is 7.28. The zero-order valence-electron chi connectivity index (χ0n) is 16.0. The number of rotatable bonds is 7. The largest absolute Gasteiger partial charge is 0.484 e. The second-order valence-corrected chi connectivity index (χ2v) is 9.47. The maximum absolute atomic E-state index is 12.6. The standard InChI is InChI=1S/C20H23BrN2O5S/c1-15(16-2-4-17(21)5-3-16)22-20(24)14-28-18-6-8-19(9-7-18)29(25,26)23-10-12-27-13-11-23/h2-9,15H,10-14H2,1H3,(H,22,24). The molecule has 0 spiro atoms. The summed E-state index contributed by atoms with van der Waals surface area (Å²) < 4.78 is 38.3. The third-order valence-corrected chi connectivity index (χ3v) is 6.99. The number of morpholine rings is 1. The summed E-state index contributed by atoms with van der Waals surface area (Å²) in [4.78, 5) is 12.3. The van der Waals surface area contributed by atoms with E-state index in [1.807, 2.05) is 31.2 Å². The summed E-state index contributed by atoms with van der Waals surface area (Å²) in [6.45, 7) is 3.22. The Morgan fingerprint density at radius 2 is 1.76 bits per heavy atom. The molecule has 0 bridgehead atoms. The lowest BCUT2D eigenvalue weighted by Crippen LogP contribution is -2.40. The zero-order valence-corrected chi connectivity index (χ0v) is 18.4. The number of benzene rings is 2. The number of ether oxygens (including phenoxy) is 2. The summed E-state index contributed by atoms with van der Waals surface area (Å²) in [5, 5.41) is 2.87. The van der Waals surface area contributed by atoms with Crippen LogP contribution < -0.4 is 10.1 Å². The van der Waals surface area contributed by atoms with Crippen molar-refractivity contribution < 1.29 is 22.7 Å². The monoisotopic (exact) mass is 482 g/mol. The molecule has 1 atom stereocenters. The lowest BCUT2D eigenvalue weighted by Gasteiger charge is -2.26. The van der Waals surface area contributed by atoms with E-state index < -0.39 is 10.0 Å². The van der Waals surface area contributed by atoms with E-state index in [0.29, 0.717) is 32.1 Å². The molecule has 1 saturated heterocycles. The van der Waals surface area contributed by atoms with Gasteiger partial charge in [0, 0.05) is 17.6 Å². The maximum atomic E-state index is 12.6. The van der Waals surface area contributed by atoms with Crippen LogP contribution in [0.15, 0.2) is 57.9 Å². The molecule has 1 heterocycles. The third kappa shape index (κ3) is 5.79. The Morgan fingerprint density at radius 3 is 2.38 bits per heavy atom. The van der Waals surface area contributed by atoms with Gasteiger partial charge in [-0.1, -0.05) is 28.1 Å². The number of amides is 1. The molecule has 2 aromatic rings. The number of nitrogens with one attached hydrogen (secondary N) is 1. The van der Waals surface area contributed by atoms with Crippen molar-refractivity contribution in [3.63, 3.8) is 0 Å². The minimum Gasteiger partial charge on any atom is -0.484 e. The number of carbonyl (C=O) groups is 1. The molecule has 1 N–H and O–H groups in total. The van der Waals surface area contributed by atoms with E-state index >= 15 is 0 Å². The fraction of sp³-hybridized carbons (Fsp3) is 0.350. The second kappa shape index (κ2) is 9.71. The molecule has 0 radical (unpaired) electrons. The molecule has 1 aliphatic rings. The number of sulfonamides is 1. The topological polar surface area (TPSA) is 84.9 Å².